The molecule has 0 heterocycles. The van der Waals surface area contributed by atoms with Crippen molar-refractivity contribution in [3.63, 3.8) is 0 Å². The molecule has 4 nitrogen and oxygen atoms in total. The summed E-state index contributed by atoms with van der Waals surface area (Å²) >= 11 is 0. The number of hydrogen-bond acceptors (Lipinski definition) is 3. The third-order valence-electron chi connectivity index (χ3n) is 2.96. The van der Waals surface area contributed by atoms with Gasteiger partial charge in [-0.05, 0) is 18.9 Å². The van der Waals surface area contributed by atoms with Gasteiger partial charge in [0.05, 0.1) is 10.5 Å². The highest BCUT2D eigenvalue weighted by molar-refractivity contribution is 5.49. The Bertz CT molecular complexity index is 416. The standard InChI is InChI=1S/C10H11FN2O2/c11-7-2-1-3-8(13(14)15)9(7)10(6-12)4-5-10/h1-3H,4-6,12H2. The maximum atomic E-state index is 13.6. The van der Waals surface area contributed by atoms with E-state index in [2.05, 4.69) is 0 Å². The highest BCUT2D eigenvalue weighted by Crippen LogP contribution is 2.51. The van der Waals surface area contributed by atoms with Gasteiger partial charge in [-0.25, -0.2) is 4.39 Å². The SMILES string of the molecule is NCC1(c2c(F)cccc2[N+](=O)[O-])CC1. The van der Waals surface area contributed by atoms with E-state index in [9.17, 15) is 14.5 Å². The molecule has 2 rings (SSSR count). The lowest BCUT2D eigenvalue weighted by Crippen LogP contribution is -2.22. The van der Waals surface area contributed by atoms with Gasteiger partial charge >= 0.3 is 0 Å². The first-order chi connectivity index (χ1) is 7.10. The number of nitrogens with two attached hydrogens (primary N) is 1. The molecule has 1 fully saturated rings. The van der Waals surface area contributed by atoms with Crippen LogP contribution in [0.25, 0.3) is 0 Å². The van der Waals surface area contributed by atoms with Crippen LogP contribution >= 0.6 is 0 Å². The molecule has 1 saturated carbocycles. The van der Waals surface area contributed by atoms with E-state index >= 15 is 0 Å². The van der Waals surface area contributed by atoms with Crippen LogP contribution in [-0.4, -0.2) is 11.5 Å². The molecule has 0 aliphatic heterocycles. The quantitative estimate of drug-likeness (QED) is 0.610. The van der Waals surface area contributed by atoms with Gasteiger partial charge < -0.3 is 5.73 Å². The summed E-state index contributed by atoms with van der Waals surface area (Å²) in [5, 5.41) is 10.8. The van der Waals surface area contributed by atoms with Gasteiger partial charge in [0.25, 0.3) is 5.69 Å². The minimum Gasteiger partial charge on any atom is -0.330 e. The fraction of sp³-hybridized carbons (Fsp3) is 0.400. The van der Waals surface area contributed by atoms with Crippen LogP contribution in [0.3, 0.4) is 0 Å². The number of nitro groups is 1. The number of benzene rings is 1. The maximum Gasteiger partial charge on any atom is 0.276 e. The lowest BCUT2D eigenvalue weighted by molar-refractivity contribution is -0.386. The zero-order valence-corrected chi connectivity index (χ0v) is 8.07. The summed E-state index contributed by atoms with van der Waals surface area (Å²) in [7, 11) is 0. The zero-order valence-electron chi connectivity index (χ0n) is 8.07. The first-order valence-corrected chi connectivity index (χ1v) is 4.74. The summed E-state index contributed by atoms with van der Waals surface area (Å²) < 4.78 is 13.6. The smallest absolute Gasteiger partial charge is 0.276 e. The van der Waals surface area contributed by atoms with E-state index in [1.165, 1.54) is 18.2 Å². The monoisotopic (exact) mass is 210 g/mol. The van der Waals surface area contributed by atoms with E-state index in [0.29, 0.717) is 0 Å². The van der Waals surface area contributed by atoms with Crippen molar-refractivity contribution in [3.8, 4) is 0 Å². The van der Waals surface area contributed by atoms with E-state index in [1.54, 1.807) is 0 Å². The zero-order chi connectivity index (χ0) is 11.1. The predicted octanol–water partition coefficient (Wildman–Crippen LogP) is 1.72. The second kappa shape index (κ2) is 3.27. The van der Waals surface area contributed by atoms with Crippen molar-refractivity contribution in [1.82, 2.24) is 0 Å². The van der Waals surface area contributed by atoms with Crippen molar-refractivity contribution in [1.29, 1.82) is 0 Å². The average molecular weight is 210 g/mol. The van der Waals surface area contributed by atoms with Gasteiger partial charge in [0.2, 0.25) is 0 Å². The highest BCUT2D eigenvalue weighted by Gasteiger charge is 2.48. The Kier molecular flexibility index (Phi) is 2.19. The lowest BCUT2D eigenvalue weighted by Gasteiger charge is -2.13. The maximum absolute atomic E-state index is 13.6. The Hall–Kier alpha value is -1.49. The van der Waals surface area contributed by atoms with Gasteiger partial charge in [-0.2, -0.15) is 0 Å². The van der Waals surface area contributed by atoms with Gasteiger partial charge in [0, 0.05) is 18.0 Å². The number of rotatable bonds is 3. The molecule has 80 valence electrons. The van der Waals surface area contributed by atoms with Gasteiger partial charge in [-0.3, -0.25) is 10.1 Å². The van der Waals surface area contributed by atoms with Gasteiger partial charge in [0.1, 0.15) is 5.82 Å². The Balaban J connectivity index is 2.58. The molecule has 0 aromatic heterocycles. The van der Waals surface area contributed by atoms with Crippen LogP contribution in [0.1, 0.15) is 18.4 Å². The normalized spacial score (nSPS) is 17.5. The predicted molar refractivity (Wildman–Crippen MR) is 53.0 cm³/mol. The molecule has 1 aliphatic rings. The van der Waals surface area contributed by atoms with Gasteiger partial charge in [0.15, 0.2) is 0 Å². The van der Waals surface area contributed by atoms with Crippen LogP contribution in [0, 0.1) is 15.9 Å². The van der Waals surface area contributed by atoms with Crippen molar-refractivity contribution < 1.29 is 9.31 Å². The first-order valence-electron chi connectivity index (χ1n) is 4.74. The van der Waals surface area contributed by atoms with E-state index in [4.69, 9.17) is 5.73 Å². The van der Waals surface area contributed by atoms with Crippen LogP contribution in [-0.2, 0) is 5.41 Å². The van der Waals surface area contributed by atoms with Crippen LogP contribution in [0.15, 0.2) is 18.2 Å². The van der Waals surface area contributed by atoms with E-state index < -0.39 is 16.2 Å². The largest absolute Gasteiger partial charge is 0.330 e. The van der Waals surface area contributed by atoms with Crippen molar-refractivity contribution in [3.05, 3.63) is 39.7 Å². The molecule has 1 aromatic carbocycles. The molecule has 2 N–H and O–H groups in total. The van der Waals surface area contributed by atoms with Crippen LogP contribution < -0.4 is 5.73 Å². The second-order valence-corrected chi connectivity index (χ2v) is 3.88. The lowest BCUT2D eigenvalue weighted by atomic mass is 9.94. The molecule has 1 aromatic rings. The number of hydrogen-bond donors (Lipinski definition) is 1. The van der Waals surface area contributed by atoms with Crippen molar-refractivity contribution in [2.45, 2.75) is 18.3 Å². The summed E-state index contributed by atoms with van der Waals surface area (Å²) in [6, 6.07) is 3.93. The molecule has 0 unspecified atom stereocenters. The van der Waals surface area contributed by atoms with Crippen molar-refractivity contribution in [2.75, 3.05) is 6.54 Å². The van der Waals surface area contributed by atoms with Crippen LogP contribution in [0.2, 0.25) is 0 Å². The Morgan fingerprint density at radius 3 is 2.67 bits per heavy atom. The Labute approximate surface area is 86.0 Å². The molecule has 0 bridgehead atoms. The minimum atomic E-state index is -0.547. The van der Waals surface area contributed by atoms with Crippen LogP contribution in [0.5, 0.6) is 0 Å². The van der Waals surface area contributed by atoms with E-state index in [1.807, 2.05) is 0 Å². The number of nitrogens with zero attached hydrogens (tertiary/aromatic N) is 1. The van der Waals surface area contributed by atoms with E-state index in [-0.39, 0.29) is 17.8 Å². The van der Waals surface area contributed by atoms with Crippen LogP contribution in [0.4, 0.5) is 10.1 Å². The second-order valence-electron chi connectivity index (χ2n) is 3.88. The summed E-state index contributed by atoms with van der Waals surface area (Å²) in [5.74, 6) is -0.521. The third-order valence-corrected chi connectivity index (χ3v) is 2.96. The average Bonchev–Trinajstić information content (AvgIpc) is 2.98. The molecule has 15 heavy (non-hydrogen) atoms. The Morgan fingerprint density at radius 1 is 1.53 bits per heavy atom. The fourth-order valence-electron chi connectivity index (χ4n) is 1.90. The molecule has 0 radical (unpaired) electrons. The number of nitro benzene ring substituents is 1. The van der Waals surface area contributed by atoms with Gasteiger partial charge in [-0.1, -0.05) is 6.07 Å². The van der Waals surface area contributed by atoms with Crippen molar-refractivity contribution >= 4 is 5.69 Å². The van der Waals surface area contributed by atoms with E-state index in [0.717, 1.165) is 12.8 Å². The molecule has 0 atom stereocenters. The summed E-state index contributed by atoms with van der Waals surface area (Å²) in [4.78, 5) is 10.2. The minimum absolute atomic E-state index is 0.155. The summed E-state index contributed by atoms with van der Waals surface area (Å²) in [5.41, 5.74) is 5.08. The molecule has 0 spiro atoms. The molecular formula is C10H11FN2O2. The first kappa shape index (κ1) is 10.0. The fourth-order valence-corrected chi connectivity index (χ4v) is 1.90. The molecule has 0 saturated heterocycles. The highest BCUT2D eigenvalue weighted by atomic mass is 19.1. The summed E-state index contributed by atoms with van der Waals surface area (Å²) in [6.07, 6.45) is 1.45. The third kappa shape index (κ3) is 1.48. The van der Waals surface area contributed by atoms with Crippen molar-refractivity contribution in [2.24, 2.45) is 5.73 Å². The summed E-state index contributed by atoms with van der Waals surface area (Å²) in [6.45, 7) is 0.259. The molecule has 0 amide bonds. The number of halogens is 1. The van der Waals surface area contributed by atoms with Gasteiger partial charge in [-0.15, -0.1) is 0 Å². The molecule has 5 heteroatoms. The topological polar surface area (TPSA) is 69.2 Å². The Morgan fingerprint density at radius 2 is 2.20 bits per heavy atom. The molecule has 1 aliphatic carbocycles. The molecular weight excluding hydrogens is 199 g/mol.